The van der Waals surface area contributed by atoms with Crippen LogP contribution in [0.4, 0.5) is 8.78 Å². The quantitative estimate of drug-likeness (QED) is 0.457. The topological polar surface area (TPSA) is 12.9 Å². The molecule has 0 spiro atoms. The van der Waals surface area contributed by atoms with Crippen molar-refractivity contribution in [1.82, 2.24) is 4.98 Å². The number of halogens is 5. The van der Waals surface area contributed by atoms with Gasteiger partial charge in [-0.25, -0.2) is 13.8 Å². The van der Waals surface area contributed by atoms with Crippen molar-refractivity contribution in [3.8, 4) is 0 Å². The molecule has 0 atom stereocenters. The van der Waals surface area contributed by atoms with Gasteiger partial charge >= 0.3 is 0 Å². The molecule has 0 aliphatic heterocycles. The van der Waals surface area contributed by atoms with Crippen molar-refractivity contribution in [2.45, 2.75) is 6.43 Å². The summed E-state index contributed by atoms with van der Waals surface area (Å²) in [5.41, 5.74) is 0.0295. The maximum absolute atomic E-state index is 12.3. The molecule has 0 saturated carbocycles. The molecule has 12 heavy (non-hydrogen) atoms. The normalized spacial score (nSPS) is 10.8. The Hall–Kier alpha value is 0.950. The first-order valence-electron chi connectivity index (χ1n) is 2.82. The van der Waals surface area contributed by atoms with Crippen LogP contribution in [0.25, 0.3) is 0 Å². The summed E-state index contributed by atoms with van der Waals surface area (Å²) < 4.78 is 26.2. The molecule has 0 aliphatic carbocycles. The average molecular weight is 460 g/mol. The maximum Gasteiger partial charge on any atom is 0.265 e. The minimum atomic E-state index is -2.44. The summed E-state index contributed by atoms with van der Waals surface area (Å²) in [5.74, 6) is 0. The van der Waals surface area contributed by atoms with E-state index in [1.807, 2.05) is 45.2 Å². The van der Waals surface area contributed by atoms with Crippen molar-refractivity contribution in [2.24, 2.45) is 0 Å². The molecule has 1 nitrogen and oxygen atoms in total. The minimum absolute atomic E-state index is 0.0295. The van der Waals surface area contributed by atoms with Crippen LogP contribution in [0.3, 0.4) is 0 Å². The highest BCUT2D eigenvalue weighted by atomic mass is 127. The highest BCUT2D eigenvalue weighted by Gasteiger charge is 2.15. The first kappa shape index (κ1) is 11.0. The van der Waals surface area contributed by atoms with Gasteiger partial charge < -0.3 is 0 Å². The predicted molar refractivity (Wildman–Crippen MR) is 62.3 cm³/mol. The summed E-state index contributed by atoms with van der Waals surface area (Å²) >= 11 is 6.86. The monoisotopic (exact) mass is 459 g/mol. The van der Waals surface area contributed by atoms with Crippen LogP contribution in [0.1, 0.15) is 12.0 Å². The number of aromatic nitrogens is 1. The van der Waals surface area contributed by atoms with Crippen LogP contribution in [0.2, 0.25) is 0 Å². The predicted octanol–water partition coefficient (Wildman–Crippen LogP) is 3.99. The zero-order valence-corrected chi connectivity index (χ0v) is 11.4. The molecule has 0 amide bonds. The van der Waals surface area contributed by atoms with E-state index >= 15 is 0 Å². The van der Waals surface area contributed by atoms with Crippen LogP contribution in [0, 0.1) is 7.27 Å². The van der Waals surface area contributed by atoms with E-state index in [9.17, 15) is 8.78 Å². The van der Waals surface area contributed by atoms with Crippen LogP contribution >= 0.6 is 61.1 Å². The average Bonchev–Trinajstić information content (AvgIpc) is 1.96. The summed E-state index contributed by atoms with van der Waals surface area (Å²) in [6, 6.07) is 1.34. The summed E-state index contributed by atoms with van der Waals surface area (Å²) in [4.78, 5) is 3.98. The fraction of sp³-hybridized carbons (Fsp3) is 0.167. The summed E-state index contributed by atoms with van der Waals surface area (Å²) in [5, 5.41) is 0. The smallest absolute Gasteiger partial charge is 0.234 e. The molecular formula is C6H2BrF2I2N. The minimum Gasteiger partial charge on any atom is -0.234 e. The van der Waals surface area contributed by atoms with Gasteiger partial charge in [0.25, 0.3) is 6.43 Å². The lowest BCUT2D eigenvalue weighted by Gasteiger charge is -2.04. The zero-order chi connectivity index (χ0) is 9.30. The third kappa shape index (κ3) is 2.47. The van der Waals surface area contributed by atoms with Crippen molar-refractivity contribution < 1.29 is 8.78 Å². The molecule has 1 rings (SSSR count). The number of alkyl halides is 2. The molecule has 0 aliphatic rings. The van der Waals surface area contributed by atoms with Crippen LogP contribution in [-0.2, 0) is 0 Å². The summed E-state index contributed by atoms with van der Waals surface area (Å²) in [7, 11) is 0. The van der Waals surface area contributed by atoms with Crippen LogP contribution in [0.5, 0.6) is 0 Å². The molecule has 1 heterocycles. The third-order valence-corrected chi connectivity index (χ3v) is 4.50. The largest absolute Gasteiger partial charge is 0.265 e. The van der Waals surface area contributed by atoms with Gasteiger partial charge in [0.15, 0.2) is 0 Å². The first-order chi connectivity index (χ1) is 5.52. The number of rotatable bonds is 1. The van der Waals surface area contributed by atoms with Gasteiger partial charge in [0.2, 0.25) is 0 Å². The van der Waals surface area contributed by atoms with Crippen molar-refractivity contribution in [1.29, 1.82) is 0 Å². The highest BCUT2D eigenvalue weighted by Crippen LogP contribution is 2.28. The summed E-state index contributed by atoms with van der Waals surface area (Å²) in [6.45, 7) is 0. The molecule has 1 aromatic heterocycles. The standard InChI is InChI=1S/C6H2BrF2I2N/c7-3-1-2(5(8)9)4(10)6(11)12-3/h1,5H. The number of nitrogens with zero attached hydrogens (tertiary/aromatic N) is 1. The van der Waals surface area contributed by atoms with E-state index in [1.165, 1.54) is 6.07 Å². The molecule has 1 aromatic rings. The van der Waals surface area contributed by atoms with Gasteiger partial charge in [-0.2, -0.15) is 0 Å². The van der Waals surface area contributed by atoms with Crippen molar-refractivity contribution >= 4 is 61.1 Å². The third-order valence-electron chi connectivity index (χ3n) is 1.15. The van der Waals surface area contributed by atoms with Gasteiger partial charge in [-0.3, -0.25) is 0 Å². The second-order valence-electron chi connectivity index (χ2n) is 1.94. The van der Waals surface area contributed by atoms with Crippen molar-refractivity contribution in [3.63, 3.8) is 0 Å². The summed E-state index contributed by atoms with van der Waals surface area (Å²) in [6.07, 6.45) is -2.44. The molecule has 0 aromatic carbocycles. The van der Waals surface area contributed by atoms with Gasteiger partial charge in [-0.05, 0) is 67.2 Å². The van der Waals surface area contributed by atoms with E-state index in [0.717, 1.165) is 0 Å². The molecule has 0 bridgehead atoms. The maximum atomic E-state index is 12.3. The Morgan fingerprint density at radius 3 is 2.50 bits per heavy atom. The molecule has 0 unspecified atom stereocenters. The number of hydrogen-bond donors (Lipinski definition) is 0. The molecule has 0 fully saturated rings. The SMILES string of the molecule is FC(F)c1cc(Br)nc(I)c1I. The molecule has 6 heteroatoms. The van der Waals surface area contributed by atoms with E-state index in [1.54, 1.807) is 0 Å². The van der Waals surface area contributed by atoms with E-state index < -0.39 is 6.43 Å². The van der Waals surface area contributed by atoms with Crippen LogP contribution in [0.15, 0.2) is 10.7 Å². The fourth-order valence-corrected chi connectivity index (χ4v) is 2.48. The van der Waals surface area contributed by atoms with Gasteiger partial charge in [-0.1, -0.05) is 0 Å². The van der Waals surface area contributed by atoms with E-state index in [4.69, 9.17) is 0 Å². The molecular weight excluding hydrogens is 458 g/mol. The van der Waals surface area contributed by atoms with Crippen LogP contribution in [-0.4, -0.2) is 4.98 Å². The lowest BCUT2D eigenvalue weighted by Crippen LogP contribution is -1.95. The van der Waals surface area contributed by atoms with E-state index in [2.05, 4.69) is 20.9 Å². The Kier molecular flexibility index (Phi) is 4.09. The van der Waals surface area contributed by atoms with Crippen LogP contribution < -0.4 is 0 Å². The second kappa shape index (κ2) is 4.45. The Morgan fingerprint density at radius 1 is 1.42 bits per heavy atom. The number of hydrogen-bond acceptors (Lipinski definition) is 1. The lowest BCUT2D eigenvalue weighted by molar-refractivity contribution is 0.150. The second-order valence-corrected chi connectivity index (χ2v) is 4.85. The van der Waals surface area contributed by atoms with Gasteiger partial charge in [0, 0.05) is 5.56 Å². The van der Waals surface area contributed by atoms with E-state index in [0.29, 0.717) is 11.9 Å². The van der Waals surface area contributed by atoms with Gasteiger partial charge in [-0.15, -0.1) is 0 Å². The number of pyridine rings is 1. The highest BCUT2D eigenvalue weighted by molar-refractivity contribution is 14.1. The molecule has 0 saturated heterocycles. The van der Waals surface area contributed by atoms with Crippen molar-refractivity contribution in [3.05, 3.63) is 23.5 Å². The van der Waals surface area contributed by atoms with Gasteiger partial charge in [0.1, 0.15) is 8.30 Å². The van der Waals surface area contributed by atoms with Gasteiger partial charge in [0.05, 0.1) is 3.57 Å². The Labute approximate surface area is 104 Å². The Balaban J connectivity index is 3.28. The Morgan fingerprint density at radius 2 is 2.00 bits per heavy atom. The van der Waals surface area contributed by atoms with Crippen molar-refractivity contribution in [2.75, 3.05) is 0 Å². The Bertz CT molecular complexity index is 306. The first-order valence-corrected chi connectivity index (χ1v) is 5.77. The molecule has 66 valence electrons. The molecule has 0 radical (unpaired) electrons. The fourth-order valence-electron chi connectivity index (χ4n) is 0.645. The zero-order valence-electron chi connectivity index (χ0n) is 5.49. The molecule has 0 N–H and O–H groups in total. The lowest BCUT2D eigenvalue weighted by atomic mass is 10.3. The van der Waals surface area contributed by atoms with E-state index in [-0.39, 0.29) is 5.56 Å².